The SMILES string of the molecule is COc1ccc2[nH]c(C)c(CCC(=O)N3CC(CN(C)C)Cc4ccccc43)c2c1. The lowest BCUT2D eigenvalue weighted by Gasteiger charge is -2.36. The minimum Gasteiger partial charge on any atom is -0.497 e. The zero-order chi connectivity index (χ0) is 21.3. The zero-order valence-electron chi connectivity index (χ0n) is 18.4. The molecule has 0 spiro atoms. The highest BCUT2D eigenvalue weighted by atomic mass is 16.5. The second-order valence-corrected chi connectivity index (χ2v) is 8.61. The first-order valence-electron chi connectivity index (χ1n) is 10.6. The summed E-state index contributed by atoms with van der Waals surface area (Å²) in [6.07, 6.45) is 2.24. The monoisotopic (exact) mass is 405 g/mol. The standard InChI is InChI=1S/C25H31N3O2/c1-17-21(22-14-20(30-4)9-11-23(22)26-17)10-12-25(29)28-16-18(15-27(2)3)13-19-7-5-6-8-24(19)28/h5-9,11,14,18,26H,10,12-13,15-16H2,1-4H3. The minimum atomic E-state index is 0.197. The molecule has 30 heavy (non-hydrogen) atoms. The molecule has 3 aromatic rings. The molecule has 5 nitrogen and oxygen atoms in total. The Labute approximate surface area is 178 Å². The molecule has 5 heteroatoms. The van der Waals surface area contributed by atoms with E-state index in [1.807, 2.05) is 23.1 Å². The van der Waals surface area contributed by atoms with Gasteiger partial charge in [0.25, 0.3) is 0 Å². The van der Waals surface area contributed by atoms with Gasteiger partial charge in [-0.2, -0.15) is 0 Å². The molecule has 1 aromatic heterocycles. The summed E-state index contributed by atoms with van der Waals surface area (Å²) in [6.45, 7) is 3.85. The Morgan fingerprint density at radius 1 is 1.23 bits per heavy atom. The van der Waals surface area contributed by atoms with Crippen LogP contribution in [-0.4, -0.2) is 50.1 Å². The highest BCUT2D eigenvalue weighted by molar-refractivity contribution is 5.95. The molecule has 0 fully saturated rings. The summed E-state index contributed by atoms with van der Waals surface area (Å²) >= 11 is 0. The third-order valence-corrected chi connectivity index (χ3v) is 6.07. The summed E-state index contributed by atoms with van der Waals surface area (Å²) in [7, 11) is 5.88. The van der Waals surface area contributed by atoms with E-state index in [1.165, 1.54) is 11.1 Å². The van der Waals surface area contributed by atoms with E-state index >= 15 is 0 Å². The van der Waals surface area contributed by atoms with Crippen LogP contribution < -0.4 is 9.64 Å². The third-order valence-electron chi connectivity index (χ3n) is 6.07. The van der Waals surface area contributed by atoms with E-state index in [9.17, 15) is 4.79 Å². The van der Waals surface area contributed by atoms with Crippen LogP contribution in [0.3, 0.4) is 0 Å². The summed E-state index contributed by atoms with van der Waals surface area (Å²) in [4.78, 5) is 21.0. The molecular weight excluding hydrogens is 374 g/mol. The molecule has 0 saturated carbocycles. The molecule has 2 heterocycles. The van der Waals surface area contributed by atoms with Gasteiger partial charge >= 0.3 is 0 Å². The van der Waals surface area contributed by atoms with E-state index in [2.05, 4.69) is 55.2 Å². The third kappa shape index (κ3) is 4.08. The Kier molecular flexibility index (Phi) is 5.82. The van der Waals surface area contributed by atoms with E-state index < -0.39 is 0 Å². The summed E-state index contributed by atoms with van der Waals surface area (Å²) in [5, 5.41) is 1.14. The second-order valence-electron chi connectivity index (χ2n) is 8.61. The van der Waals surface area contributed by atoms with Crippen LogP contribution in [-0.2, 0) is 17.6 Å². The molecule has 158 valence electrons. The van der Waals surface area contributed by atoms with Gasteiger partial charge in [-0.1, -0.05) is 18.2 Å². The average molecular weight is 406 g/mol. The molecule has 1 aliphatic heterocycles. The van der Waals surface area contributed by atoms with Crippen molar-refractivity contribution in [2.45, 2.75) is 26.2 Å². The van der Waals surface area contributed by atoms with Gasteiger partial charge in [0.2, 0.25) is 5.91 Å². The van der Waals surface area contributed by atoms with Gasteiger partial charge in [0.15, 0.2) is 0 Å². The molecule has 4 rings (SSSR count). The first-order chi connectivity index (χ1) is 14.5. The molecule has 0 radical (unpaired) electrons. The number of ether oxygens (including phenoxy) is 1. The number of aromatic nitrogens is 1. The number of rotatable bonds is 6. The van der Waals surface area contributed by atoms with Crippen LogP contribution in [0, 0.1) is 12.8 Å². The van der Waals surface area contributed by atoms with Crippen LogP contribution in [0.1, 0.15) is 23.2 Å². The number of para-hydroxylation sites is 1. The number of hydrogen-bond donors (Lipinski definition) is 1. The van der Waals surface area contributed by atoms with Crippen LogP contribution in [0.4, 0.5) is 5.69 Å². The number of amides is 1. The number of fused-ring (bicyclic) bond motifs is 2. The lowest BCUT2D eigenvalue weighted by atomic mass is 9.91. The van der Waals surface area contributed by atoms with Crippen LogP contribution in [0.2, 0.25) is 0 Å². The lowest BCUT2D eigenvalue weighted by Crippen LogP contribution is -2.43. The van der Waals surface area contributed by atoms with Gasteiger partial charge in [-0.3, -0.25) is 4.79 Å². The average Bonchev–Trinajstić information content (AvgIpc) is 3.05. The molecule has 0 aliphatic carbocycles. The van der Waals surface area contributed by atoms with E-state index in [0.717, 1.165) is 54.0 Å². The van der Waals surface area contributed by atoms with Gasteiger partial charge in [-0.25, -0.2) is 0 Å². The molecule has 2 aromatic carbocycles. The number of nitrogens with zero attached hydrogens (tertiary/aromatic N) is 2. The smallest absolute Gasteiger partial charge is 0.227 e. The van der Waals surface area contributed by atoms with E-state index in [4.69, 9.17) is 4.74 Å². The number of aromatic amines is 1. The van der Waals surface area contributed by atoms with E-state index in [0.29, 0.717) is 12.3 Å². The number of methoxy groups -OCH3 is 1. The zero-order valence-corrected chi connectivity index (χ0v) is 18.4. The topological polar surface area (TPSA) is 48.6 Å². The predicted molar refractivity (Wildman–Crippen MR) is 122 cm³/mol. The first-order valence-corrected chi connectivity index (χ1v) is 10.6. The van der Waals surface area contributed by atoms with Crippen LogP contribution in [0.5, 0.6) is 5.75 Å². The number of carbonyl (C=O) groups is 1. The maximum Gasteiger partial charge on any atom is 0.227 e. The normalized spacial score (nSPS) is 16.2. The summed E-state index contributed by atoms with van der Waals surface area (Å²) in [6, 6.07) is 14.4. The maximum absolute atomic E-state index is 13.3. The molecule has 1 atom stereocenters. The van der Waals surface area contributed by atoms with Crippen molar-refractivity contribution in [3.8, 4) is 5.75 Å². The number of carbonyl (C=O) groups excluding carboxylic acids is 1. The van der Waals surface area contributed by atoms with Crippen molar-refractivity contribution in [3.05, 3.63) is 59.3 Å². The molecule has 1 aliphatic rings. The quantitative estimate of drug-likeness (QED) is 0.669. The Morgan fingerprint density at radius 2 is 2.03 bits per heavy atom. The summed E-state index contributed by atoms with van der Waals surface area (Å²) in [5.41, 5.74) is 5.76. The van der Waals surface area contributed by atoms with Crippen molar-refractivity contribution in [1.82, 2.24) is 9.88 Å². The minimum absolute atomic E-state index is 0.197. The van der Waals surface area contributed by atoms with Crippen LogP contribution in [0.25, 0.3) is 10.9 Å². The van der Waals surface area contributed by atoms with Gasteiger partial charge in [-0.15, -0.1) is 0 Å². The Morgan fingerprint density at radius 3 is 2.80 bits per heavy atom. The lowest BCUT2D eigenvalue weighted by molar-refractivity contribution is -0.118. The molecule has 0 bridgehead atoms. The van der Waals surface area contributed by atoms with Gasteiger partial charge in [0, 0.05) is 41.8 Å². The fourth-order valence-electron chi connectivity index (χ4n) is 4.73. The predicted octanol–water partition coefficient (Wildman–Crippen LogP) is 4.18. The number of H-pyrrole nitrogens is 1. The van der Waals surface area contributed by atoms with Crippen molar-refractivity contribution < 1.29 is 9.53 Å². The van der Waals surface area contributed by atoms with Crippen LogP contribution >= 0.6 is 0 Å². The van der Waals surface area contributed by atoms with Gasteiger partial charge in [0.05, 0.1) is 7.11 Å². The summed E-state index contributed by atoms with van der Waals surface area (Å²) < 4.78 is 5.40. The van der Waals surface area contributed by atoms with E-state index in [1.54, 1.807) is 7.11 Å². The molecular formula is C25H31N3O2. The number of anilines is 1. The Balaban J connectivity index is 1.55. The van der Waals surface area contributed by atoms with Crippen molar-refractivity contribution in [1.29, 1.82) is 0 Å². The molecule has 0 saturated heterocycles. The van der Waals surface area contributed by atoms with Crippen molar-refractivity contribution in [2.75, 3.05) is 39.2 Å². The van der Waals surface area contributed by atoms with Gasteiger partial charge < -0.3 is 19.5 Å². The van der Waals surface area contributed by atoms with Crippen molar-refractivity contribution >= 4 is 22.5 Å². The number of hydrogen-bond acceptors (Lipinski definition) is 3. The highest BCUT2D eigenvalue weighted by Crippen LogP contribution is 2.32. The highest BCUT2D eigenvalue weighted by Gasteiger charge is 2.28. The number of aryl methyl sites for hydroxylation is 2. The van der Waals surface area contributed by atoms with Gasteiger partial charge in [-0.05, 0) is 75.2 Å². The maximum atomic E-state index is 13.3. The Bertz CT molecular complexity index is 1050. The van der Waals surface area contributed by atoms with Crippen molar-refractivity contribution in [3.63, 3.8) is 0 Å². The first kappa shape index (κ1) is 20.5. The van der Waals surface area contributed by atoms with Crippen LogP contribution in [0.15, 0.2) is 42.5 Å². The molecule has 1 unspecified atom stereocenters. The fourth-order valence-corrected chi connectivity index (χ4v) is 4.73. The number of benzene rings is 2. The Hall–Kier alpha value is -2.79. The molecule has 1 N–H and O–H groups in total. The number of nitrogens with one attached hydrogen (secondary N) is 1. The fraction of sp³-hybridized carbons (Fsp3) is 0.400. The second kappa shape index (κ2) is 8.52. The summed E-state index contributed by atoms with van der Waals surface area (Å²) in [5.74, 6) is 1.49. The van der Waals surface area contributed by atoms with Crippen molar-refractivity contribution in [2.24, 2.45) is 5.92 Å². The largest absolute Gasteiger partial charge is 0.497 e. The van der Waals surface area contributed by atoms with E-state index in [-0.39, 0.29) is 5.91 Å². The molecule has 1 amide bonds. The van der Waals surface area contributed by atoms with Gasteiger partial charge in [0.1, 0.15) is 5.75 Å².